The lowest BCUT2D eigenvalue weighted by atomic mass is 9.80. The van der Waals surface area contributed by atoms with Gasteiger partial charge in [0, 0.05) is 35.1 Å². The summed E-state index contributed by atoms with van der Waals surface area (Å²) >= 11 is 0. The van der Waals surface area contributed by atoms with Crippen LogP contribution in [0.1, 0.15) is 96.4 Å². The van der Waals surface area contributed by atoms with E-state index < -0.39 is 68.2 Å². The third kappa shape index (κ3) is 13.1. The fourth-order valence-corrected chi connectivity index (χ4v) is 10.3. The molecule has 3 N–H and O–H groups in total. The molecule has 0 radical (unpaired) electrons. The lowest BCUT2D eigenvalue weighted by Gasteiger charge is -2.51. The summed E-state index contributed by atoms with van der Waals surface area (Å²) in [6, 6.07) is 0. The summed E-state index contributed by atoms with van der Waals surface area (Å²) in [6.07, 6.45) is -6.87. The molecule has 5 aliphatic heterocycles. The van der Waals surface area contributed by atoms with E-state index in [1.54, 1.807) is 0 Å². The second-order valence-electron chi connectivity index (χ2n) is 19.8. The standard InChI is InChI=1S/C47H85N3O15/c1-14-35-42(24(3)23(2)32(11)57-35)64-44-28(7)25(4)40(34(13)58-44)63-47-31(10)38(53)43(37(22-52)61-47)65-45-29(8)26(5)39(33(12)59-45)62-46-30(9)27(6)41(36(21-51)60-46)56-20-19-55-18-17-54-16-15-49-50-48/h23-47,51-53H,14-22H2,1-13H3/t23-,24-,25-,26-,27-,28-,29-,30-,31-,32-,33-,34+,35-,36-,37-,38-,39+,40+,41+,42+,43-,44+,45+,46-,47-/m1/s1. The maximum atomic E-state index is 11.8. The molecule has 25 atom stereocenters. The highest BCUT2D eigenvalue weighted by Crippen LogP contribution is 2.43. The Labute approximate surface area is 387 Å². The van der Waals surface area contributed by atoms with E-state index in [1.807, 2.05) is 27.7 Å². The van der Waals surface area contributed by atoms with Crippen molar-refractivity contribution >= 4 is 0 Å². The molecule has 0 amide bonds. The maximum Gasteiger partial charge on any atom is 0.163 e. The number of azide groups is 1. The van der Waals surface area contributed by atoms with Gasteiger partial charge in [-0.2, -0.15) is 0 Å². The molecule has 5 saturated heterocycles. The maximum absolute atomic E-state index is 11.8. The van der Waals surface area contributed by atoms with Crippen LogP contribution in [0.2, 0.25) is 0 Å². The van der Waals surface area contributed by atoms with Crippen molar-refractivity contribution in [2.45, 2.75) is 195 Å². The van der Waals surface area contributed by atoms with E-state index in [9.17, 15) is 15.3 Å². The first kappa shape index (κ1) is 54.6. The third-order valence-electron chi connectivity index (χ3n) is 15.7. The van der Waals surface area contributed by atoms with Crippen LogP contribution in [-0.4, -0.2) is 167 Å². The fraction of sp³-hybridized carbons (Fsp3) is 1.00. The highest BCUT2D eigenvalue weighted by molar-refractivity contribution is 4.95. The van der Waals surface area contributed by atoms with Gasteiger partial charge in [0.25, 0.3) is 0 Å². The van der Waals surface area contributed by atoms with E-state index in [2.05, 4.69) is 72.3 Å². The largest absolute Gasteiger partial charge is 0.394 e. The summed E-state index contributed by atoms with van der Waals surface area (Å²) in [7, 11) is 0. The van der Waals surface area contributed by atoms with Gasteiger partial charge >= 0.3 is 0 Å². The van der Waals surface area contributed by atoms with Crippen LogP contribution in [-0.2, 0) is 56.8 Å². The lowest BCUT2D eigenvalue weighted by Crippen LogP contribution is -2.61. The molecule has 378 valence electrons. The van der Waals surface area contributed by atoms with Gasteiger partial charge in [-0.15, -0.1) is 0 Å². The molecule has 18 heteroatoms. The van der Waals surface area contributed by atoms with Gasteiger partial charge in [-0.3, -0.25) is 0 Å². The number of aliphatic hydroxyl groups excluding tert-OH is 3. The first-order valence-corrected chi connectivity index (χ1v) is 24.6. The van der Waals surface area contributed by atoms with Crippen molar-refractivity contribution < 1.29 is 72.2 Å². The average Bonchev–Trinajstić information content (AvgIpc) is 3.29. The molecule has 5 heterocycles. The summed E-state index contributed by atoms with van der Waals surface area (Å²) in [4.78, 5) is 2.69. The molecule has 0 aromatic rings. The second kappa shape index (κ2) is 25.5. The minimum atomic E-state index is -1.03. The van der Waals surface area contributed by atoms with Gasteiger partial charge in [0.1, 0.15) is 18.3 Å². The van der Waals surface area contributed by atoms with E-state index in [0.717, 1.165) is 6.42 Å². The van der Waals surface area contributed by atoms with E-state index in [1.165, 1.54) is 0 Å². The van der Waals surface area contributed by atoms with Crippen molar-refractivity contribution in [2.75, 3.05) is 52.8 Å². The number of aliphatic hydroxyl groups is 3. The summed E-state index contributed by atoms with van der Waals surface area (Å²) in [6.45, 7) is 28.5. The Balaban J connectivity index is 1.12. The minimum Gasteiger partial charge on any atom is -0.394 e. The van der Waals surface area contributed by atoms with Gasteiger partial charge in [0.2, 0.25) is 0 Å². The molecular weight excluding hydrogens is 847 g/mol. The third-order valence-corrected chi connectivity index (χ3v) is 15.7. The molecular formula is C47H85N3O15. The van der Waals surface area contributed by atoms with Crippen molar-refractivity contribution in [2.24, 2.45) is 58.4 Å². The van der Waals surface area contributed by atoms with Crippen LogP contribution in [0.3, 0.4) is 0 Å². The quantitative estimate of drug-likeness (QED) is 0.0563. The number of hydrogen-bond acceptors (Lipinski definition) is 16. The zero-order valence-electron chi connectivity index (χ0n) is 41.4. The van der Waals surface area contributed by atoms with Gasteiger partial charge in [-0.1, -0.05) is 74.4 Å². The Morgan fingerprint density at radius 1 is 0.462 bits per heavy atom. The van der Waals surface area contributed by atoms with Crippen LogP contribution in [0.4, 0.5) is 0 Å². The van der Waals surface area contributed by atoms with Crippen LogP contribution in [0, 0.1) is 53.3 Å². The predicted molar refractivity (Wildman–Crippen MR) is 238 cm³/mol. The number of rotatable bonds is 21. The zero-order chi connectivity index (χ0) is 47.7. The van der Waals surface area contributed by atoms with Crippen molar-refractivity contribution in [3.63, 3.8) is 0 Å². The molecule has 65 heavy (non-hydrogen) atoms. The Morgan fingerprint density at radius 3 is 1.42 bits per heavy atom. The Bertz CT molecular complexity index is 1440. The number of hydrogen-bond donors (Lipinski definition) is 3. The molecule has 0 aliphatic carbocycles. The molecule has 0 aromatic heterocycles. The Morgan fingerprint density at radius 2 is 0.892 bits per heavy atom. The predicted octanol–water partition coefficient (Wildman–Crippen LogP) is 5.46. The van der Waals surface area contributed by atoms with Crippen LogP contribution < -0.4 is 0 Å². The van der Waals surface area contributed by atoms with E-state index in [4.69, 9.17) is 62.4 Å². The molecule has 0 spiro atoms. The van der Waals surface area contributed by atoms with E-state index >= 15 is 0 Å². The van der Waals surface area contributed by atoms with Crippen molar-refractivity contribution in [3.05, 3.63) is 10.4 Å². The average molecular weight is 932 g/mol. The summed E-state index contributed by atoms with van der Waals surface area (Å²) in [5, 5.41) is 36.2. The molecule has 5 rings (SSSR count). The first-order valence-electron chi connectivity index (χ1n) is 24.6. The molecule has 0 aromatic carbocycles. The van der Waals surface area contributed by atoms with Crippen molar-refractivity contribution in [1.29, 1.82) is 0 Å². The topological polar surface area (TPSA) is 220 Å². The summed E-state index contributed by atoms with van der Waals surface area (Å²) in [5.74, 6) is -0.109. The van der Waals surface area contributed by atoms with Crippen molar-refractivity contribution in [1.82, 2.24) is 0 Å². The Kier molecular flexibility index (Phi) is 21.5. The fourth-order valence-electron chi connectivity index (χ4n) is 10.3. The first-order chi connectivity index (χ1) is 31.0. The summed E-state index contributed by atoms with van der Waals surface area (Å²) < 4.78 is 76.1. The van der Waals surface area contributed by atoms with Crippen LogP contribution in [0.5, 0.6) is 0 Å². The normalized spacial score (nSPS) is 47.3. The SMILES string of the molecule is CC[C@H]1O[C@H](C)[C@H](C)[C@@H](C)[C@@H]1O[C@@H]1O[C@@H](C)[C@@H](O[C@H]2O[C@H](CO)[C@@H](O[C@@H]3O[C@H](C)[C@@H](O[C@H]4O[C@H](CO)[C@@H](OCCOCCOCCN=[N+]=[N-])[C@H](C)[C@H]4C)[C@H](C)[C@H]3C)[C@H](O)[C@H]2C)[C@H](C)[C@H]1C. The van der Waals surface area contributed by atoms with Crippen LogP contribution in [0.15, 0.2) is 5.11 Å². The summed E-state index contributed by atoms with van der Waals surface area (Å²) in [5.41, 5.74) is 8.34. The van der Waals surface area contributed by atoms with Gasteiger partial charge in [0.05, 0.1) is 101 Å². The monoisotopic (exact) mass is 932 g/mol. The molecule has 5 fully saturated rings. The lowest BCUT2D eigenvalue weighted by molar-refractivity contribution is -0.368. The Hall–Kier alpha value is -1.29. The van der Waals surface area contributed by atoms with Crippen molar-refractivity contribution in [3.8, 4) is 0 Å². The molecule has 0 bridgehead atoms. The highest BCUT2D eigenvalue weighted by atomic mass is 16.8. The van der Waals surface area contributed by atoms with Gasteiger partial charge in [-0.05, 0) is 62.3 Å². The zero-order valence-corrected chi connectivity index (χ0v) is 41.4. The minimum absolute atomic E-state index is 0.00153. The number of ether oxygens (including phenoxy) is 12. The van der Waals surface area contributed by atoms with Crippen LogP contribution in [0.25, 0.3) is 10.4 Å². The van der Waals surface area contributed by atoms with E-state index in [-0.39, 0.29) is 91.4 Å². The van der Waals surface area contributed by atoms with Gasteiger partial charge in [0.15, 0.2) is 25.2 Å². The smallest absolute Gasteiger partial charge is 0.163 e. The number of nitrogens with zero attached hydrogens (tertiary/aromatic N) is 3. The molecule has 0 unspecified atom stereocenters. The highest BCUT2D eigenvalue weighted by Gasteiger charge is 2.53. The van der Waals surface area contributed by atoms with Gasteiger partial charge in [-0.25, -0.2) is 0 Å². The molecule has 18 nitrogen and oxygen atoms in total. The van der Waals surface area contributed by atoms with Gasteiger partial charge < -0.3 is 72.2 Å². The molecule has 0 saturated carbocycles. The van der Waals surface area contributed by atoms with Crippen LogP contribution >= 0.6 is 0 Å². The van der Waals surface area contributed by atoms with E-state index in [0.29, 0.717) is 44.9 Å². The molecule has 5 aliphatic rings. The second-order valence-corrected chi connectivity index (χ2v) is 19.8.